The van der Waals surface area contributed by atoms with E-state index in [0.29, 0.717) is 0 Å². The molecule has 1 nitrogen and oxygen atoms in total. The fourth-order valence-electron chi connectivity index (χ4n) is 0.857. The average Bonchev–Trinajstić information content (AvgIpc) is 2.06. The SMILES string of the molecule is N#Cc1cccc([CH2][In][Br])c1. The van der Waals surface area contributed by atoms with E-state index in [2.05, 4.69) is 24.4 Å². The van der Waals surface area contributed by atoms with Crippen molar-refractivity contribution in [1.29, 1.82) is 5.26 Å². The molecule has 0 aliphatic carbocycles. The number of halogens is 1. The zero-order valence-corrected chi connectivity index (χ0v) is 10.8. The molecule has 0 heterocycles. The van der Waals surface area contributed by atoms with Crippen molar-refractivity contribution in [3.63, 3.8) is 0 Å². The van der Waals surface area contributed by atoms with Gasteiger partial charge in [0.05, 0.1) is 0 Å². The Morgan fingerprint density at radius 1 is 1.55 bits per heavy atom. The predicted octanol–water partition coefficient (Wildman–Crippen LogP) is 2.07. The fraction of sp³-hybridized carbons (Fsp3) is 0.125. The summed E-state index contributed by atoms with van der Waals surface area (Å²) in [4.78, 5) is 0. The van der Waals surface area contributed by atoms with Crippen LogP contribution in [0.15, 0.2) is 24.3 Å². The van der Waals surface area contributed by atoms with Crippen LogP contribution in [0.4, 0.5) is 0 Å². The van der Waals surface area contributed by atoms with Gasteiger partial charge in [0.15, 0.2) is 0 Å². The van der Waals surface area contributed by atoms with Crippen molar-refractivity contribution in [2.45, 2.75) is 4.18 Å². The summed E-state index contributed by atoms with van der Waals surface area (Å²) in [5.41, 5.74) is 2.06. The van der Waals surface area contributed by atoms with Gasteiger partial charge in [0.1, 0.15) is 0 Å². The van der Waals surface area contributed by atoms with Crippen molar-refractivity contribution < 1.29 is 0 Å². The average molecular weight is 311 g/mol. The Hall–Kier alpha value is 0.0601. The first-order valence-corrected chi connectivity index (χ1v) is 13.0. The van der Waals surface area contributed by atoms with Gasteiger partial charge in [-0.3, -0.25) is 0 Å². The van der Waals surface area contributed by atoms with E-state index in [1.54, 1.807) is 0 Å². The first kappa shape index (κ1) is 9.15. The van der Waals surface area contributed by atoms with E-state index in [9.17, 15) is 0 Å². The Bertz CT molecular complexity index is 280. The first-order valence-electron chi connectivity index (χ1n) is 3.27. The molecule has 53 valence electrons. The van der Waals surface area contributed by atoms with Gasteiger partial charge in [-0.15, -0.1) is 0 Å². The number of hydrogen-bond donors (Lipinski definition) is 0. The molecule has 0 fully saturated rings. The van der Waals surface area contributed by atoms with E-state index < -0.39 is 20.6 Å². The normalized spacial score (nSPS) is 8.73. The summed E-state index contributed by atoms with van der Waals surface area (Å²) in [6.45, 7) is 0. The maximum atomic E-state index is 8.58. The Kier molecular flexibility index (Phi) is 4.03. The molecule has 0 atom stereocenters. The fourth-order valence-corrected chi connectivity index (χ4v) is 4.60. The maximum absolute atomic E-state index is 8.58. The van der Waals surface area contributed by atoms with Crippen LogP contribution >= 0.6 is 12.3 Å². The van der Waals surface area contributed by atoms with Gasteiger partial charge >= 0.3 is 83.8 Å². The van der Waals surface area contributed by atoms with Crippen molar-refractivity contribution in [1.82, 2.24) is 0 Å². The number of benzene rings is 1. The van der Waals surface area contributed by atoms with Crippen LogP contribution in [-0.4, -0.2) is 20.6 Å². The second kappa shape index (κ2) is 4.84. The number of rotatable bonds is 2. The Balaban J connectivity index is 2.85. The molecule has 1 aromatic rings. The Morgan fingerprint density at radius 2 is 2.36 bits per heavy atom. The number of nitrogens with zero attached hydrogens (tertiary/aromatic N) is 1. The van der Waals surface area contributed by atoms with Gasteiger partial charge in [-0.2, -0.15) is 0 Å². The van der Waals surface area contributed by atoms with E-state index in [-0.39, 0.29) is 0 Å². The van der Waals surface area contributed by atoms with Crippen LogP contribution in [-0.2, 0) is 4.18 Å². The zero-order chi connectivity index (χ0) is 8.10. The summed E-state index contributed by atoms with van der Waals surface area (Å²) in [5, 5.41) is 8.58. The molecule has 1 radical (unpaired) electrons. The van der Waals surface area contributed by atoms with Gasteiger partial charge in [-0.25, -0.2) is 0 Å². The molecule has 3 heteroatoms. The van der Waals surface area contributed by atoms with Crippen molar-refractivity contribution >= 4 is 32.9 Å². The van der Waals surface area contributed by atoms with Crippen LogP contribution in [0.25, 0.3) is 0 Å². The molecule has 0 aromatic heterocycles. The standard InChI is InChI=1S/C8H6N.BrH.In/c1-7-3-2-4-8(5-7)6-9;;/h2-5H,1H2;1H;/q;;+1/p-1. The molecule has 0 spiro atoms. The van der Waals surface area contributed by atoms with Crippen LogP contribution in [0.1, 0.15) is 11.1 Å². The minimum absolute atomic E-state index is 0.492. The van der Waals surface area contributed by atoms with Crippen molar-refractivity contribution in [2.75, 3.05) is 0 Å². The van der Waals surface area contributed by atoms with Crippen LogP contribution in [0, 0.1) is 11.3 Å². The molecule has 0 amide bonds. The van der Waals surface area contributed by atoms with Crippen LogP contribution in [0.5, 0.6) is 0 Å². The quantitative estimate of drug-likeness (QED) is 0.820. The third kappa shape index (κ3) is 2.88. The Morgan fingerprint density at radius 3 is 3.00 bits per heavy atom. The second-order valence-electron chi connectivity index (χ2n) is 2.17. The molecule has 0 N–H and O–H groups in total. The van der Waals surface area contributed by atoms with Crippen molar-refractivity contribution in [3.8, 4) is 6.07 Å². The van der Waals surface area contributed by atoms with E-state index in [4.69, 9.17) is 5.26 Å². The molecule has 0 saturated carbocycles. The zero-order valence-electron chi connectivity index (χ0n) is 5.92. The van der Waals surface area contributed by atoms with Crippen LogP contribution < -0.4 is 0 Å². The third-order valence-corrected chi connectivity index (χ3v) is 5.33. The number of hydrogen-bond acceptors (Lipinski definition) is 1. The summed E-state index contributed by atoms with van der Waals surface area (Å²) in [7, 11) is 0. The molecule has 1 rings (SSSR count). The first-order chi connectivity index (χ1) is 5.36. The van der Waals surface area contributed by atoms with Gasteiger partial charge in [0, 0.05) is 0 Å². The van der Waals surface area contributed by atoms with E-state index in [1.807, 2.05) is 18.2 Å². The summed E-state index contributed by atoms with van der Waals surface area (Å²) in [6.07, 6.45) is 0. The van der Waals surface area contributed by atoms with E-state index in [0.717, 1.165) is 5.56 Å². The van der Waals surface area contributed by atoms with Gasteiger partial charge in [0.2, 0.25) is 0 Å². The van der Waals surface area contributed by atoms with Crippen molar-refractivity contribution in [3.05, 3.63) is 35.4 Å². The molecule has 1 aromatic carbocycles. The van der Waals surface area contributed by atoms with Gasteiger partial charge < -0.3 is 0 Å². The van der Waals surface area contributed by atoms with E-state index in [1.165, 1.54) is 9.74 Å². The summed E-state index contributed by atoms with van der Waals surface area (Å²) < 4.78 is 1.17. The summed E-state index contributed by atoms with van der Waals surface area (Å²) >= 11 is 3.05. The molecule has 0 saturated heterocycles. The molecule has 0 unspecified atom stereocenters. The van der Waals surface area contributed by atoms with Crippen LogP contribution in [0.2, 0.25) is 0 Å². The van der Waals surface area contributed by atoms with Crippen molar-refractivity contribution in [2.24, 2.45) is 0 Å². The van der Waals surface area contributed by atoms with Gasteiger partial charge in [0.25, 0.3) is 0 Å². The molecule has 0 aliphatic heterocycles. The second-order valence-corrected chi connectivity index (χ2v) is 8.56. The van der Waals surface area contributed by atoms with E-state index >= 15 is 0 Å². The summed E-state index contributed by atoms with van der Waals surface area (Å²) in [6, 6.07) is 9.96. The Labute approximate surface area is 83.3 Å². The topological polar surface area (TPSA) is 23.8 Å². The summed E-state index contributed by atoms with van der Waals surface area (Å²) in [5.74, 6) is 0. The predicted molar refractivity (Wildman–Crippen MR) is 49.5 cm³/mol. The van der Waals surface area contributed by atoms with Crippen LogP contribution in [0.3, 0.4) is 0 Å². The molecule has 11 heavy (non-hydrogen) atoms. The molecular weight excluding hydrogens is 305 g/mol. The monoisotopic (exact) mass is 310 g/mol. The van der Waals surface area contributed by atoms with Gasteiger partial charge in [-0.1, -0.05) is 0 Å². The molecule has 0 aliphatic rings. The minimum atomic E-state index is -0.492. The molecular formula is C8H6BrInN. The van der Waals surface area contributed by atoms with Gasteiger partial charge in [-0.05, 0) is 0 Å². The third-order valence-electron chi connectivity index (χ3n) is 1.37. The number of nitriles is 1. The molecule has 0 bridgehead atoms.